The largest absolute Gasteiger partial charge is 0.348 e. The van der Waals surface area contributed by atoms with E-state index in [1.165, 1.54) is 5.57 Å². The minimum absolute atomic E-state index is 0.157. The number of nitrogens with one attached hydrogen (secondary N) is 1. The van der Waals surface area contributed by atoms with Crippen molar-refractivity contribution in [1.29, 1.82) is 0 Å². The molecule has 5 nitrogen and oxygen atoms in total. The lowest BCUT2D eigenvalue weighted by Crippen LogP contribution is -2.47. The van der Waals surface area contributed by atoms with Gasteiger partial charge >= 0.3 is 0 Å². The Hall–Kier alpha value is -1.62. The highest BCUT2D eigenvalue weighted by atomic mass is 16.2. The van der Waals surface area contributed by atoms with E-state index in [0.29, 0.717) is 11.9 Å². The molecular formula is C16H24N4O. The molecule has 4 heterocycles. The Labute approximate surface area is 126 Å². The van der Waals surface area contributed by atoms with Crippen molar-refractivity contribution < 1.29 is 4.79 Å². The molecule has 2 bridgehead atoms. The number of aromatic amines is 1. The van der Waals surface area contributed by atoms with Crippen LogP contribution >= 0.6 is 0 Å². The summed E-state index contributed by atoms with van der Waals surface area (Å²) in [5, 5.41) is 0. The lowest BCUT2D eigenvalue weighted by Gasteiger charge is -2.35. The van der Waals surface area contributed by atoms with Crippen LogP contribution in [0.4, 0.5) is 0 Å². The van der Waals surface area contributed by atoms with Gasteiger partial charge < -0.3 is 9.88 Å². The van der Waals surface area contributed by atoms with Gasteiger partial charge in [0.15, 0.2) is 0 Å². The average molecular weight is 288 g/mol. The fraction of sp³-hybridized carbons (Fsp3) is 0.625. The molecule has 0 radical (unpaired) electrons. The molecule has 3 saturated heterocycles. The first kappa shape index (κ1) is 14.3. The van der Waals surface area contributed by atoms with Crippen molar-refractivity contribution in [2.75, 3.05) is 19.6 Å². The standard InChI is InChI=1S/C16H24N4O/c1-12(2)5-8-20-14-4-3-13(16(20)21)9-19(10-14)11-15-17-6-7-18-15/h5-7,13-14H,3-4,8-11H2,1-2H3,(H,17,18)/t13-,14+/m0/s1. The molecule has 0 saturated carbocycles. The summed E-state index contributed by atoms with van der Waals surface area (Å²) in [6.07, 6.45) is 7.96. The van der Waals surface area contributed by atoms with Crippen LogP contribution in [0, 0.1) is 5.92 Å². The average Bonchev–Trinajstić information content (AvgIpc) is 2.80. The van der Waals surface area contributed by atoms with Crippen LogP contribution in [-0.4, -0.2) is 51.4 Å². The van der Waals surface area contributed by atoms with Crippen LogP contribution in [0.15, 0.2) is 24.0 Å². The second-order valence-electron chi connectivity index (χ2n) is 6.43. The zero-order valence-electron chi connectivity index (χ0n) is 12.9. The van der Waals surface area contributed by atoms with Crippen molar-refractivity contribution in [3.05, 3.63) is 29.9 Å². The predicted octanol–water partition coefficient (Wildman–Crippen LogP) is 1.80. The highest BCUT2D eigenvalue weighted by Crippen LogP contribution is 2.29. The molecule has 3 aliphatic rings. The number of piperidine rings is 1. The van der Waals surface area contributed by atoms with Crippen LogP contribution in [0.3, 0.4) is 0 Å². The molecule has 4 rings (SSSR count). The minimum Gasteiger partial charge on any atom is -0.348 e. The van der Waals surface area contributed by atoms with Crippen molar-refractivity contribution in [1.82, 2.24) is 19.8 Å². The molecule has 2 atom stereocenters. The number of fused-ring (bicyclic) bond motifs is 4. The Morgan fingerprint density at radius 3 is 3.00 bits per heavy atom. The fourth-order valence-corrected chi connectivity index (χ4v) is 3.38. The highest BCUT2D eigenvalue weighted by Gasteiger charge is 2.40. The number of amides is 1. The zero-order chi connectivity index (χ0) is 14.8. The summed E-state index contributed by atoms with van der Waals surface area (Å²) in [5.41, 5.74) is 1.27. The van der Waals surface area contributed by atoms with E-state index in [4.69, 9.17) is 0 Å². The summed E-state index contributed by atoms with van der Waals surface area (Å²) in [4.78, 5) is 24.5. The Balaban J connectivity index is 1.72. The molecule has 3 fully saturated rings. The number of imidazole rings is 1. The summed E-state index contributed by atoms with van der Waals surface area (Å²) in [6, 6.07) is 0.349. The minimum atomic E-state index is 0.157. The number of carbonyl (C=O) groups excluding carboxylic acids is 1. The quantitative estimate of drug-likeness (QED) is 0.860. The smallest absolute Gasteiger partial charge is 0.227 e. The molecule has 0 aromatic carbocycles. The SMILES string of the molecule is CC(C)=CCN1C(=O)[C@H]2CC[C@@H]1CN(Cc1ncc[nH]1)C2. The van der Waals surface area contributed by atoms with Gasteiger partial charge in [0, 0.05) is 38.1 Å². The van der Waals surface area contributed by atoms with Crippen LogP contribution < -0.4 is 0 Å². The van der Waals surface area contributed by atoms with Crippen molar-refractivity contribution in [3.8, 4) is 0 Å². The van der Waals surface area contributed by atoms with E-state index in [2.05, 4.69) is 39.7 Å². The fourth-order valence-electron chi connectivity index (χ4n) is 3.38. The number of nitrogens with zero attached hydrogens (tertiary/aromatic N) is 3. The second kappa shape index (κ2) is 6.02. The molecule has 0 aliphatic carbocycles. The molecule has 114 valence electrons. The summed E-state index contributed by atoms with van der Waals surface area (Å²) in [7, 11) is 0. The number of allylic oxidation sites excluding steroid dienone is 1. The Morgan fingerprint density at radius 1 is 1.43 bits per heavy atom. The molecule has 1 amide bonds. The number of carbonyl (C=O) groups is 1. The molecule has 0 spiro atoms. The van der Waals surface area contributed by atoms with Gasteiger partial charge in [-0.3, -0.25) is 9.69 Å². The maximum absolute atomic E-state index is 12.6. The van der Waals surface area contributed by atoms with Gasteiger partial charge in [-0.05, 0) is 26.7 Å². The molecule has 21 heavy (non-hydrogen) atoms. The molecule has 1 aromatic rings. The van der Waals surface area contributed by atoms with E-state index in [1.807, 2.05) is 6.20 Å². The monoisotopic (exact) mass is 288 g/mol. The van der Waals surface area contributed by atoms with E-state index in [0.717, 1.165) is 44.8 Å². The number of H-pyrrole nitrogens is 1. The van der Waals surface area contributed by atoms with E-state index < -0.39 is 0 Å². The molecule has 1 N–H and O–H groups in total. The predicted molar refractivity (Wildman–Crippen MR) is 81.5 cm³/mol. The van der Waals surface area contributed by atoms with Gasteiger partial charge in [-0.15, -0.1) is 0 Å². The normalized spacial score (nSPS) is 26.0. The molecule has 1 aromatic heterocycles. The Bertz CT molecular complexity index is 518. The van der Waals surface area contributed by atoms with Gasteiger partial charge in [0.2, 0.25) is 5.91 Å². The molecule has 0 unspecified atom stereocenters. The van der Waals surface area contributed by atoms with E-state index >= 15 is 0 Å². The van der Waals surface area contributed by atoms with Crippen LogP contribution in [0.1, 0.15) is 32.5 Å². The third-order valence-corrected chi connectivity index (χ3v) is 4.49. The molecule has 5 heteroatoms. The van der Waals surface area contributed by atoms with Gasteiger partial charge in [0.05, 0.1) is 12.5 Å². The summed E-state index contributed by atoms with van der Waals surface area (Å²) in [6.45, 7) is 7.56. The van der Waals surface area contributed by atoms with Gasteiger partial charge in [-0.2, -0.15) is 0 Å². The van der Waals surface area contributed by atoms with Gasteiger partial charge in [-0.25, -0.2) is 4.98 Å². The van der Waals surface area contributed by atoms with Gasteiger partial charge in [0.25, 0.3) is 0 Å². The third kappa shape index (κ3) is 3.18. The Morgan fingerprint density at radius 2 is 2.29 bits per heavy atom. The van der Waals surface area contributed by atoms with Crippen LogP contribution in [-0.2, 0) is 11.3 Å². The maximum Gasteiger partial charge on any atom is 0.227 e. The van der Waals surface area contributed by atoms with Crippen molar-refractivity contribution in [3.63, 3.8) is 0 Å². The first-order chi connectivity index (χ1) is 10.1. The number of hydrogen-bond donors (Lipinski definition) is 1. The number of hydrogen-bond acceptors (Lipinski definition) is 3. The summed E-state index contributed by atoms with van der Waals surface area (Å²) < 4.78 is 0. The maximum atomic E-state index is 12.6. The lowest BCUT2D eigenvalue weighted by molar-refractivity contribution is -0.139. The first-order valence-corrected chi connectivity index (χ1v) is 7.78. The lowest BCUT2D eigenvalue weighted by atomic mass is 9.94. The van der Waals surface area contributed by atoms with E-state index in [9.17, 15) is 4.79 Å². The third-order valence-electron chi connectivity index (χ3n) is 4.49. The zero-order valence-corrected chi connectivity index (χ0v) is 12.9. The second-order valence-corrected chi connectivity index (χ2v) is 6.43. The van der Waals surface area contributed by atoms with Gasteiger partial charge in [0.1, 0.15) is 5.82 Å². The molecular weight excluding hydrogens is 264 g/mol. The molecule has 3 aliphatic heterocycles. The topological polar surface area (TPSA) is 52.2 Å². The summed E-state index contributed by atoms with van der Waals surface area (Å²) >= 11 is 0. The summed E-state index contributed by atoms with van der Waals surface area (Å²) in [5.74, 6) is 1.48. The van der Waals surface area contributed by atoms with Crippen LogP contribution in [0.2, 0.25) is 0 Å². The number of aromatic nitrogens is 2. The number of rotatable bonds is 4. The van der Waals surface area contributed by atoms with Crippen molar-refractivity contribution in [2.45, 2.75) is 39.3 Å². The van der Waals surface area contributed by atoms with Crippen molar-refractivity contribution in [2.24, 2.45) is 5.92 Å². The van der Waals surface area contributed by atoms with Gasteiger partial charge in [-0.1, -0.05) is 11.6 Å². The van der Waals surface area contributed by atoms with E-state index in [-0.39, 0.29) is 5.92 Å². The van der Waals surface area contributed by atoms with E-state index in [1.54, 1.807) is 6.20 Å². The highest BCUT2D eigenvalue weighted by molar-refractivity contribution is 5.80. The Kier molecular flexibility index (Phi) is 4.10. The van der Waals surface area contributed by atoms with Crippen LogP contribution in [0.5, 0.6) is 0 Å². The van der Waals surface area contributed by atoms with Crippen molar-refractivity contribution >= 4 is 5.91 Å². The first-order valence-electron chi connectivity index (χ1n) is 7.78. The van der Waals surface area contributed by atoms with Crippen LogP contribution in [0.25, 0.3) is 0 Å².